The molecule has 31 heavy (non-hydrogen) atoms. The fourth-order valence-electron chi connectivity index (χ4n) is 4.85. The second-order valence-corrected chi connectivity index (χ2v) is 9.03. The van der Waals surface area contributed by atoms with Gasteiger partial charge < -0.3 is 19.3 Å². The maximum Gasteiger partial charge on any atom is 0.225 e. The number of nitrogens with zero attached hydrogens (tertiary/aromatic N) is 4. The summed E-state index contributed by atoms with van der Waals surface area (Å²) in [6.07, 6.45) is 4.01. The number of carbonyl (C=O) groups excluding carboxylic acids is 1. The smallest absolute Gasteiger partial charge is 0.225 e. The summed E-state index contributed by atoms with van der Waals surface area (Å²) in [5.41, 5.74) is 4.91. The number of imidazole rings is 1. The predicted molar refractivity (Wildman–Crippen MR) is 123 cm³/mol. The number of hydrogen-bond acceptors (Lipinski definition) is 4. The van der Waals surface area contributed by atoms with E-state index in [-0.39, 0.29) is 17.9 Å². The van der Waals surface area contributed by atoms with Crippen LogP contribution in [-0.4, -0.2) is 57.6 Å². The molecule has 5 rings (SSSR count). The van der Waals surface area contributed by atoms with Crippen LogP contribution in [0.5, 0.6) is 0 Å². The van der Waals surface area contributed by atoms with Crippen molar-refractivity contribution < 1.29 is 9.90 Å². The van der Waals surface area contributed by atoms with E-state index >= 15 is 0 Å². The SMILES string of the molecule is Cc1c(-c2cc(N3CCC(C(=O)N4CCC(O)C4)CC3)ccc2Cl)nc2ccccn12. The Balaban J connectivity index is 1.34. The number of rotatable bonds is 3. The Morgan fingerprint density at radius 1 is 1.13 bits per heavy atom. The minimum Gasteiger partial charge on any atom is -0.391 e. The highest BCUT2D eigenvalue weighted by Gasteiger charge is 2.32. The zero-order valence-electron chi connectivity index (χ0n) is 17.7. The number of β-amino-alcohol motifs (C(OH)–C–C–N with tert-alkyl or cyclic N) is 1. The van der Waals surface area contributed by atoms with E-state index in [1.165, 1.54) is 0 Å². The van der Waals surface area contributed by atoms with Gasteiger partial charge in [0.25, 0.3) is 0 Å². The molecule has 1 amide bonds. The number of hydrogen-bond donors (Lipinski definition) is 1. The number of fused-ring (bicyclic) bond motifs is 1. The third kappa shape index (κ3) is 3.79. The van der Waals surface area contributed by atoms with Crippen LogP contribution in [0.25, 0.3) is 16.9 Å². The van der Waals surface area contributed by atoms with Gasteiger partial charge in [-0.1, -0.05) is 17.7 Å². The molecule has 6 nitrogen and oxygen atoms in total. The van der Waals surface area contributed by atoms with E-state index < -0.39 is 0 Å². The van der Waals surface area contributed by atoms with Gasteiger partial charge in [-0.25, -0.2) is 4.98 Å². The molecule has 2 aromatic heterocycles. The van der Waals surface area contributed by atoms with E-state index in [0.717, 1.165) is 54.2 Å². The van der Waals surface area contributed by atoms with Crippen molar-refractivity contribution in [1.82, 2.24) is 14.3 Å². The molecule has 162 valence electrons. The predicted octanol–water partition coefficient (Wildman–Crippen LogP) is 3.77. The third-order valence-electron chi connectivity index (χ3n) is 6.66. The number of carbonyl (C=O) groups is 1. The largest absolute Gasteiger partial charge is 0.391 e. The van der Waals surface area contributed by atoms with Crippen LogP contribution >= 0.6 is 11.6 Å². The summed E-state index contributed by atoms with van der Waals surface area (Å²) < 4.78 is 2.07. The van der Waals surface area contributed by atoms with Gasteiger partial charge >= 0.3 is 0 Å². The van der Waals surface area contributed by atoms with Crippen molar-refractivity contribution in [3.05, 3.63) is 53.3 Å². The van der Waals surface area contributed by atoms with Gasteiger partial charge in [-0.15, -0.1) is 0 Å². The average molecular weight is 439 g/mol. The van der Waals surface area contributed by atoms with Gasteiger partial charge in [-0.2, -0.15) is 0 Å². The van der Waals surface area contributed by atoms with Crippen molar-refractivity contribution in [3.8, 4) is 11.3 Å². The number of halogens is 1. The van der Waals surface area contributed by atoms with E-state index in [4.69, 9.17) is 16.6 Å². The van der Waals surface area contributed by atoms with Gasteiger partial charge in [0.05, 0.1) is 16.8 Å². The zero-order chi connectivity index (χ0) is 21.5. The Morgan fingerprint density at radius 3 is 2.65 bits per heavy atom. The number of aromatic nitrogens is 2. The number of amides is 1. The molecule has 0 radical (unpaired) electrons. The topological polar surface area (TPSA) is 61.1 Å². The molecule has 2 aliphatic heterocycles. The summed E-state index contributed by atoms with van der Waals surface area (Å²) in [6, 6.07) is 12.1. The fraction of sp³-hybridized carbons (Fsp3) is 0.417. The van der Waals surface area contributed by atoms with Crippen LogP contribution in [0.2, 0.25) is 5.02 Å². The van der Waals surface area contributed by atoms with E-state index in [9.17, 15) is 9.90 Å². The lowest BCUT2D eigenvalue weighted by Gasteiger charge is -2.34. The van der Waals surface area contributed by atoms with Crippen LogP contribution in [0.1, 0.15) is 25.0 Å². The first kappa shape index (κ1) is 20.3. The molecule has 3 aromatic rings. The molecule has 7 heteroatoms. The maximum absolute atomic E-state index is 12.8. The highest BCUT2D eigenvalue weighted by atomic mass is 35.5. The lowest BCUT2D eigenvalue weighted by molar-refractivity contribution is -0.135. The molecule has 2 saturated heterocycles. The fourth-order valence-corrected chi connectivity index (χ4v) is 5.06. The number of aliphatic hydroxyl groups excluding tert-OH is 1. The van der Waals surface area contributed by atoms with Crippen molar-refractivity contribution >= 4 is 28.8 Å². The Morgan fingerprint density at radius 2 is 1.94 bits per heavy atom. The van der Waals surface area contributed by atoms with E-state index in [1.807, 2.05) is 35.4 Å². The van der Waals surface area contributed by atoms with Gasteiger partial charge in [-0.05, 0) is 56.5 Å². The van der Waals surface area contributed by atoms with Crippen LogP contribution in [0.4, 0.5) is 5.69 Å². The molecule has 0 saturated carbocycles. The molecule has 1 unspecified atom stereocenters. The Labute approximate surface area is 187 Å². The van der Waals surface area contributed by atoms with Crippen molar-refractivity contribution in [1.29, 1.82) is 0 Å². The van der Waals surface area contributed by atoms with Crippen LogP contribution in [-0.2, 0) is 4.79 Å². The molecular formula is C24H27ClN4O2. The molecule has 1 aromatic carbocycles. The van der Waals surface area contributed by atoms with Gasteiger partial charge in [0.2, 0.25) is 5.91 Å². The number of benzene rings is 1. The molecule has 1 atom stereocenters. The summed E-state index contributed by atoms with van der Waals surface area (Å²) in [5, 5.41) is 10.4. The van der Waals surface area contributed by atoms with Gasteiger partial charge in [-0.3, -0.25) is 4.79 Å². The second kappa shape index (κ2) is 8.17. The molecular weight excluding hydrogens is 412 g/mol. The average Bonchev–Trinajstić information content (AvgIpc) is 3.37. The summed E-state index contributed by atoms with van der Waals surface area (Å²) in [5.74, 6) is 0.252. The second-order valence-electron chi connectivity index (χ2n) is 8.63. The molecule has 0 aliphatic carbocycles. The van der Waals surface area contributed by atoms with Crippen LogP contribution in [0, 0.1) is 12.8 Å². The van der Waals surface area contributed by atoms with Crippen molar-refractivity contribution in [2.45, 2.75) is 32.3 Å². The zero-order valence-corrected chi connectivity index (χ0v) is 18.4. The van der Waals surface area contributed by atoms with Crippen LogP contribution in [0.3, 0.4) is 0 Å². The quantitative estimate of drug-likeness (QED) is 0.676. The van der Waals surface area contributed by atoms with Crippen molar-refractivity contribution in [3.63, 3.8) is 0 Å². The summed E-state index contributed by atoms with van der Waals surface area (Å²) in [4.78, 5) is 21.7. The monoisotopic (exact) mass is 438 g/mol. The summed E-state index contributed by atoms with van der Waals surface area (Å²) in [7, 11) is 0. The van der Waals surface area contributed by atoms with Gasteiger partial charge in [0.15, 0.2) is 0 Å². The number of pyridine rings is 1. The standard InChI is InChI=1S/C24H27ClN4O2/c1-16-23(26-22-4-2-3-10-29(16)22)20-14-18(5-6-21(20)25)27-11-7-17(8-12-27)24(31)28-13-9-19(30)15-28/h2-6,10,14,17,19,30H,7-9,11-13,15H2,1H3. The Bertz CT molecular complexity index is 1120. The molecule has 0 spiro atoms. The molecule has 2 fully saturated rings. The van der Waals surface area contributed by atoms with Gasteiger partial charge in [0, 0.05) is 55.2 Å². The molecule has 1 N–H and O–H groups in total. The highest BCUT2D eigenvalue weighted by Crippen LogP contribution is 2.35. The molecule has 4 heterocycles. The summed E-state index contributed by atoms with van der Waals surface area (Å²) in [6.45, 7) is 4.89. The number of aryl methyl sites for hydroxylation is 1. The van der Waals surface area contributed by atoms with Gasteiger partial charge in [0.1, 0.15) is 5.65 Å². The first-order valence-corrected chi connectivity index (χ1v) is 11.3. The molecule has 0 bridgehead atoms. The summed E-state index contributed by atoms with van der Waals surface area (Å²) >= 11 is 6.58. The minimum atomic E-state index is -0.361. The lowest BCUT2D eigenvalue weighted by atomic mass is 9.94. The number of piperidine rings is 1. The maximum atomic E-state index is 12.8. The van der Waals surface area contributed by atoms with E-state index in [2.05, 4.69) is 28.4 Å². The Hall–Kier alpha value is -2.57. The highest BCUT2D eigenvalue weighted by molar-refractivity contribution is 6.33. The number of aliphatic hydroxyl groups is 1. The third-order valence-corrected chi connectivity index (χ3v) is 6.99. The lowest BCUT2D eigenvalue weighted by Crippen LogP contribution is -2.42. The van der Waals surface area contributed by atoms with E-state index in [0.29, 0.717) is 24.5 Å². The Kier molecular flexibility index (Phi) is 5.36. The minimum absolute atomic E-state index is 0.0500. The number of anilines is 1. The van der Waals surface area contributed by atoms with Crippen LogP contribution in [0.15, 0.2) is 42.6 Å². The van der Waals surface area contributed by atoms with Crippen molar-refractivity contribution in [2.75, 3.05) is 31.1 Å². The first-order valence-electron chi connectivity index (χ1n) is 11.0. The van der Waals surface area contributed by atoms with E-state index in [1.54, 1.807) is 0 Å². The normalized spacial score (nSPS) is 20.0. The first-order chi connectivity index (χ1) is 15.0. The molecule has 2 aliphatic rings. The number of likely N-dealkylation sites (tertiary alicyclic amines) is 1. The van der Waals surface area contributed by atoms with Crippen molar-refractivity contribution in [2.24, 2.45) is 5.92 Å². The van der Waals surface area contributed by atoms with Crippen LogP contribution < -0.4 is 4.90 Å².